The van der Waals surface area contributed by atoms with Gasteiger partial charge in [0.25, 0.3) is 0 Å². The molecule has 190 valence electrons. The second-order valence-electron chi connectivity index (χ2n) is 8.47. The summed E-state index contributed by atoms with van der Waals surface area (Å²) in [6.45, 7) is 0.729. The van der Waals surface area contributed by atoms with Crippen LogP contribution in [0, 0.1) is 5.82 Å². The van der Waals surface area contributed by atoms with Gasteiger partial charge in [-0.2, -0.15) is 9.29 Å². The molecule has 1 aliphatic heterocycles. The van der Waals surface area contributed by atoms with Crippen molar-refractivity contribution in [3.05, 3.63) is 91.1 Å². The van der Waals surface area contributed by atoms with Gasteiger partial charge in [-0.1, -0.05) is 0 Å². The number of halogens is 1. The molecule has 11 heteroatoms. The molecule has 0 saturated carbocycles. The van der Waals surface area contributed by atoms with E-state index in [4.69, 9.17) is 4.74 Å². The number of hydrogen-bond donors (Lipinski definition) is 2. The van der Waals surface area contributed by atoms with E-state index in [0.717, 1.165) is 6.42 Å². The van der Waals surface area contributed by atoms with Gasteiger partial charge in [-0.25, -0.2) is 17.8 Å². The molecule has 2 aromatic heterocycles. The Morgan fingerprint density at radius 2 is 1.59 bits per heavy atom. The second-order valence-corrected chi connectivity index (χ2v) is 10.4. The highest BCUT2D eigenvalue weighted by Gasteiger charge is 2.31. The fourth-order valence-electron chi connectivity index (χ4n) is 3.99. The molecule has 1 atom stereocenters. The lowest BCUT2D eigenvalue weighted by molar-refractivity contribution is 0.129. The van der Waals surface area contributed by atoms with Gasteiger partial charge in [-0.15, -0.1) is 0 Å². The molecule has 0 aliphatic carbocycles. The number of hydrogen-bond acceptors (Lipinski definition) is 8. The zero-order chi connectivity index (χ0) is 25.7. The highest BCUT2D eigenvalue weighted by molar-refractivity contribution is 7.89. The van der Waals surface area contributed by atoms with E-state index in [1.165, 1.54) is 16.4 Å². The first-order valence-corrected chi connectivity index (χ1v) is 13.2. The van der Waals surface area contributed by atoms with Crippen LogP contribution in [-0.4, -0.2) is 46.9 Å². The summed E-state index contributed by atoms with van der Waals surface area (Å²) in [6, 6.07) is 17.6. The van der Waals surface area contributed by atoms with Crippen LogP contribution in [0.5, 0.6) is 5.75 Å². The van der Waals surface area contributed by atoms with E-state index in [0.29, 0.717) is 41.9 Å². The van der Waals surface area contributed by atoms with Crippen LogP contribution in [-0.2, 0) is 10.0 Å². The first-order chi connectivity index (χ1) is 18.0. The van der Waals surface area contributed by atoms with E-state index >= 15 is 0 Å². The minimum absolute atomic E-state index is 0.204. The first kappa shape index (κ1) is 24.6. The zero-order valence-corrected chi connectivity index (χ0v) is 20.6. The number of benzene rings is 2. The molecule has 5 rings (SSSR count). The van der Waals surface area contributed by atoms with Crippen LogP contribution >= 0.6 is 0 Å². The summed E-state index contributed by atoms with van der Waals surface area (Å²) in [5, 5.41) is 6.16. The molecule has 3 heterocycles. The Hall–Kier alpha value is -4.09. The average molecular weight is 521 g/mol. The molecule has 1 unspecified atom stereocenters. The van der Waals surface area contributed by atoms with Crippen molar-refractivity contribution in [3.63, 3.8) is 0 Å². The minimum Gasteiger partial charge on any atom is -0.489 e. The molecule has 2 N–H and O–H groups in total. The molecular weight excluding hydrogens is 495 g/mol. The van der Waals surface area contributed by atoms with Gasteiger partial charge in [0.05, 0.1) is 11.4 Å². The number of nitrogens with zero attached hydrogens (tertiary/aromatic N) is 4. The quantitative estimate of drug-likeness (QED) is 0.343. The monoisotopic (exact) mass is 520 g/mol. The van der Waals surface area contributed by atoms with Gasteiger partial charge in [-0.3, -0.25) is 4.98 Å². The van der Waals surface area contributed by atoms with Crippen LogP contribution < -0.4 is 15.4 Å². The maximum absolute atomic E-state index is 13.3. The third-order valence-electron chi connectivity index (χ3n) is 5.81. The Labute approximate surface area is 214 Å². The molecule has 37 heavy (non-hydrogen) atoms. The smallest absolute Gasteiger partial charge is 0.243 e. The van der Waals surface area contributed by atoms with E-state index in [2.05, 4.69) is 25.6 Å². The van der Waals surface area contributed by atoms with E-state index in [-0.39, 0.29) is 23.4 Å². The minimum atomic E-state index is -3.68. The summed E-state index contributed by atoms with van der Waals surface area (Å²) in [6.07, 6.45) is 6.15. The van der Waals surface area contributed by atoms with Crippen LogP contribution in [0.25, 0.3) is 0 Å². The van der Waals surface area contributed by atoms with Crippen molar-refractivity contribution in [2.45, 2.75) is 23.8 Å². The Kier molecular flexibility index (Phi) is 7.24. The largest absolute Gasteiger partial charge is 0.489 e. The third kappa shape index (κ3) is 6.19. The summed E-state index contributed by atoms with van der Waals surface area (Å²) in [5.41, 5.74) is 1.32. The maximum Gasteiger partial charge on any atom is 0.243 e. The summed E-state index contributed by atoms with van der Waals surface area (Å²) in [7, 11) is -3.68. The lowest BCUT2D eigenvalue weighted by atomic mass is 10.1. The van der Waals surface area contributed by atoms with Gasteiger partial charge >= 0.3 is 0 Å². The molecule has 9 nitrogen and oxygen atoms in total. The van der Waals surface area contributed by atoms with Gasteiger partial charge < -0.3 is 15.4 Å². The maximum atomic E-state index is 13.3. The number of sulfonamides is 1. The number of anilines is 4. The molecule has 1 aliphatic rings. The van der Waals surface area contributed by atoms with E-state index in [1.807, 2.05) is 0 Å². The topological polar surface area (TPSA) is 109 Å². The number of pyridine rings is 1. The standard InChI is InChI=1S/C26H25FN6O3S/c27-19-3-5-20(6-4-19)30-25-13-16-29-26(32-25)31-21-7-9-24(10-8-21)37(34,35)33-17-1-2-23(18-33)36-22-11-14-28-15-12-22/h3-16,23H,1-2,17-18H2,(H2,29,30,31,32). The average Bonchev–Trinajstić information content (AvgIpc) is 2.91. The van der Waals surface area contributed by atoms with Crippen LogP contribution in [0.15, 0.2) is 90.2 Å². The highest BCUT2D eigenvalue weighted by atomic mass is 32.2. The summed E-state index contributed by atoms with van der Waals surface area (Å²) in [5.74, 6) is 1.21. The Morgan fingerprint density at radius 3 is 2.35 bits per heavy atom. The molecule has 0 spiro atoms. The van der Waals surface area contributed by atoms with Crippen LogP contribution in [0.2, 0.25) is 0 Å². The number of rotatable bonds is 8. The van der Waals surface area contributed by atoms with E-state index in [9.17, 15) is 12.8 Å². The Bertz CT molecular complexity index is 1440. The Morgan fingerprint density at radius 1 is 0.892 bits per heavy atom. The fourth-order valence-corrected chi connectivity index (χ4v) is 5.50. The van der Waals surface area contributed by atoms with Gasteiger partial charge in [-0.05, 0) is 79.6 Å². The number of nitrogens with one attached hydrogen (secondary N) is 2. The Balaban J connectivity index is 1.23. The summed E-state index contributed by atoms with van der Waals surface area (Å²) < 4.78 is 47.1. The normalized spacial score (nSPS) is 16.2. The van der Waals surface area contributed by atoms with Crippen molar-refractivity contribution in [1.29, 1.82) is 0 Å². The molecule has 2 aromatic carbocycles. The molecule has 0 radical (unpaired) electrons. The molecular formula is C26H25FN6O3S. The van der Waals surface area contributed by atoms with E-state index < -0.39 is 10.0 Å². The molecule has 4 aromatic rings. The van der Waals surface area contributed by atoms with Crippen LogP contribution in [0.1, 0.15) is 12.8 Å². The molecule has 0 amide bonds. The first-order valence-electron chi connectivity index (χ1n) is 11.8. The van der Waals surface area contributed by atoms with Crippen molar-refractivity contribution >= 4 is 33.2 Å². The molecule has 0 bridgehead atoms. The van der Waals surface area contributed by atoms with Crippen LogP contribution in [0.3, 0.4) is 0 Å². The van der Waals surface area contributed by atoms with Crippen LogP contribution in [0.4, 0.5) is 27.5 Å². The number of aromatic nitrogens is 3. The van der Waals surface area contributed by atoms with Gasteiger partial charge in [0.2, 0.25) is 16.0 Å². The number of piperidine rings is 1. The summed E-state index contributed by atoms with van der Waals surface area (Å²) >= 11 is 0. The van der Waals surface area contributed by atoms with E-state index in [1.54, 1.807) is 73.2 Å². The fraction of sp³-hybridized carbons (Fsp3) is 0.192. The predicted molar refractivity (Wildman–Crippen MR) is 138 cm³/mol. The van der Waals surface area contributed by atoms with Crippen molar-refractivity contribution in [2.75, 3.05) is 23.7 Å². The third-order valence-corrected chi connectivity index (χ3v) is 7.69. The zero-order valence-electron chi connectivity index (χ0n) is 19.8. The predicted octanol–water partition coefficient (Wildman–Crippen LogP) is 4.73. The SMILES string of the molecule is O=S(=O)(c1ccc(Nc2nccc(Nc3ccc(F)cc3)n2)cc1)N1CCCC(Oc2ccncc2)C1. The lowest BCUT2D eigenvalue weighted by Gasteiger charge is -2.32. The number of ether oxygens (including phenoxy) is 1. The lowest BCUT2D eigenvalue weighted by Crippen LogP contribution is -2.44. The highest BCUT2D eigenvalue weighted by Crippen LogP contribution is 2.25. The van der Waals surface area contributed by atoms with Crippen molar-refractivity contribution < 1.29 is 17.5 Å². The summed E-state index contributed by atoms with van der Waals surface area (Å²) in [4.78, 5) is 12.8. The van der Waals surface area contributed by atoms with Gasteiger partial charge in [0.1, 0.15) is 23.5 Å². The molecule has 1 saturated heterocycles. The van der Waals surface area contributed by atoms with Gasteiger partial charge in [0, 0.05) is 36.5 Å². The van der Waals surface area contributed by atoms with Crippen molar-refractivity contribution in [2.24, 2.45) is 0 Å². The van der Waals surface area contributed by atoms with Crippen molar-refractivity contribution in [3.8, 4) is 5.75 Å². The molecule has 1 fully saturated rings. The van der Waals surface area contributed by atoms with Gasteiger partial charge in [0.15, 0.2) is 0 Å². The van der Waals surface area contributed by atoms with Crippen molar-refractivity contribution in [1.82, 2.24) is 19.3 Å². The second kappa shape index (κ2) is 10.9.